The average Bonchev–Trinajstić information content (AvgIpc) is 2.15. The van der Waals surface area contributed by atoms with Crippen molar-refractivity contribution in [1.29, 1.82) is 0 Å². The lowest BCUT2D eigenvalue weighted by Crippen LogP contribution is -1.82. The third kappa shape index (κ3) is 2.11. The number of thiazole rings is 1. The third-order valence-electron chi connectivity index (χ3n) is 0.748. The van der Waals surface area contributed by atoms with E-state index < -0.39 is 10.7 Å². The van der Waals surface area contributed by atoms with E-state index in [0.29, 0.717) is 5.01 Å². The number of rotatable bonds is 2. The highest BCUT2D eigenvalue weighted by Gasteiger charge is 1.93. The first-order valence-corrected chi connectivity index (χ1v) is 4.53. The summed E-state index contributed by atoms with van der Waals surface area (Å²) in [4.78, 5) is 3.79. The Morgan fingerprint density at radius 3 is 2.89 bits per heavy atom. The van der Waals surface area contributed by atoms with E-state index in [9.17, 15) is 8.42 Å². The maximum atomic E-state index is 10.1. The van der Waals surface area contributed by atoms with Crippen LogP contribution in [0.3, 0.4) is 0 Å². The topological polar surface area (TPSA) is 47.0 Å². The SMILES string of the molecule is O=[SH](=O)Cc1nccs1. The van der Waals surface area contributed by atoms with Crippen LogP contribution in [0.4, 0.5) is 0 Å². The van der Waals surface area contributed by atoms with E-state index in [1.54, 1.807) is 11.6 Å². The van der Waals surface area contributed by atoms with E-state index >= 15 is 0 Å². The van der Waals surface area contributed by atoms with Gasteiger partial charge in [0.15, 0.2) is 0 Å². The Kier molecular flexibility index (Phi) is 2.18. The summed E-state index contributed by atoms with van der Waals surface area (Å²) in [5.74, 6) is 0.0764. The summed E-state index contributed by atoms with van der Waals surface area (Å²) >= 11 is 1.36. The van der Waals surface area contributed by atoms with Crippen molar-refractivity contribution in [1.82, 2.24) is 4.98 Å². The molecule has 0 unspecified atom stereocenters. The van der Waals surface area contributed by atoms with Gasteiger partial charge in [-0.15, -0.1) is 11.3 Å². The minimum Gasteiger partial charge on any atom is -0.249 e. The van der Waals surface area contributed by atoms with Crippen LogP contribution in [0.15, 0.2) is 11.6 Å². The summed E-state index contributed by atoms with van der Waals surface area (Å²) in [6.45, 7) is 0. The van der Waals surface area contributed by atoms with Crippen molar-refractivity contribution in [2.45, 2.75) is 5.75 Å². The molecule has 1 aromatic heterocycles. The van der Waals surface area contributed by atoms with E-state index in [-0.39, 0.29) is 5.75 Å². The molecule has 0 bridgehead atoms. The van der Waals surface area contributed by atoms with Gasteiger partial charge < -0.3 is 0 Å². The predicted molar refractivity (Wildman–Crippen MR) is 36.1 cm³/mol. The molecule has 0 aromatic carbocycles. The normalized spacial score (nSPS) is 10.3. The molecule has 0 N–H and O–H groups in total. The van der Waals surface area contributed by atoms with Crippen molar-refractivity contribution in [2.24, 2.45) is 0 Å². The van der Waals surface area contributed by atoms with Crippen molar-refractivity contribution in [3.63, 3.8) is 0 Å². The largest absolute Gasteiger partial charge is 0.249 e. The Morgan fingerprint density at radius 2 is 2.44 bits per heavy atom. The van der Waals surface area contributed by atoms with Crippen LogP contribution in [0.1, 0.15) is 5.01 Å². The van der Waals surface area contributed by atoms with Gasteiger partial charge in [0.25, 0.3) is 0 Å². The molecule has 5 heteroatoms. The Balaban J connectivity index is 2.68. The van der Waals surface area contributed by atoms with Gasteiger partial charge in [-0.2, -0.15) is 0 Å². The highest BCUT2D eigenvalue weighted by Crippen LogP contribution is 2.03. The monoisotopic (exact) mass is 163 g/mol. The summed E-state index contributed by atoms with van der Waals surface area (Å²) in [6, 6.07) is 0. The average molecular weight is 163 g/mol. The van der Waals surface area contributed by atoms with Gasteiger partial charge in [0.1, 0.15) is 15.7 Å². The number of hydrogen-bond acceptors (Lipinski definition) is 4. The van der Waals surface area contributed by atoms with Crippen molar-refractivity contribution in [2.75, 3.05) is 0 Å². The Bertz CT molecular complexity index is 231. The zero-order valence-corrected chi connectivity index (χ0v) is 6.19. The molecular formula is C4H5NO2S2. The number of nitrogens with zero attached hydrogens (tertiary/aromatic N) is 1. The van der Waals surface area contributed by atoms with Crippen LogP contribution >= 0.6 is 11.3 Å². The quantitative estimate of drug-likeness (QED) is 0.636. The summed E-state index contributed by atoms with van der Waals surface area (Å²) in [5, 5.41) is 2.42. The van der Waals surface area contributed by atoms with Crippen LogP contribution < -0.4 is 0 Å². The Morgan fingerprint density at radius 1 is 1.67 bits per heavy atom. The second-order valence-corrected chi connectivity index (χ2v) is 3.38. The van der Waals surface area contributed by atoms with Crippen LogP contribution in [0, 0.1) is 0 Å². The van der Waals surface area contributed by atoms with E-state index in [1.165, 1.54) is 11.3 Å². The first kappa shape index (κ1) is 6.70. The molecule has 0 radical (unpaired) electrons. The molecule has 0 saturated carbocycles. The molecule has 0 amide bonds. The summed E-state index contributed by atoms with van der Waals surface area (Å²) in [7, 11) is -2.30. The van der Waals surface area contributed by atoms with Crippen LogP contribution in [0.5, 0.6) is 0 Å². The molecule has 9 heavy (non-hydrogen) atoms. The predicted octanol–water partition coefficient (Wildman–Crippen LogP) is 0.255. The third-order valence-corrected chi connectivity index (χ3v) is 2.30. The number of hydrogen-bond donors (Lipinski definition) is 1. The van der Waals surface area contributed by atoms with Crippen LogP contribution in [-0.2, 0) is 16.5 Å². The molecule has 0 aliphatic rings. The summed E-state index contributed by atoms with van der Waals surface area (Å²) in [6.07, 6.45) is 1.60. The maximum absolute atomic E-state index is 10.1. The van der Waals surface area contributed by atoms with E-state index in [4.69, 9.17) is 0 Å². The molecule has 1 rings (SSSR count). The fraction of sp³-hybridized carbons (Fsp3) is 0.250. The molecule has 0 spiro atoms. The summed E-state index contributed by atoms with van der Waals surface area (Å²) < 4.78 is 20.1. The van der Waals surface area contributed by atoms with Gasteiger partial charge in [-0.05, 0) is 0 Å². The minimum atomic E-state index is -2.30. The lowest BCUT2D eigenvalue weighted by Gasteiger charge is -1.79. The molecule has 3 nitrogen and oxygen atoms in total. The van der Waals surface area contributed by atoms with Crippen LogP contribution in [0.25, 0.3) is 0 Å². The molecule has 0 fully saturated rings. The zero-order chi connectivity index (χ0) is 6.69. The zero-order valence-electron chi connectivity index (χ0n) is 4.48. The van der Waals surface area contributed by atoms with Crippen LogP contribution in [0.2, 0.25) is 0 Å². The van der Waals surface area contributed by atoms with E-state index in [0.717, 1.165) is 0 Å². The molecule has 1 aromatic rings. The van der Waals surface area contributed by atoms with Crippen molar-refractivity contribution in [3.05, 3.63) is 16.6 Å². The molecular weight excluding hydrogens is 158 g/mol. The van der Waals surface area contributed by atoms with Crippen molar-refractivity contribution in [3.8, 4) is 0 Å². The second kappa shape index (κ2) is 2.93. The van der Waals surface area contributed by atoms with Gasteiger partial charge in [-0.25, -0.2) is 13.4 Å². The fourth-order valence-corrected chi connectivity index (χ4v) is 1.76. The standard InChI is InChI=1S/C4H5NO2S2/c6-9(7)3-4-5-1-2-8-4/h1-2,9H,3H2. The second-order valence-electron chi connectivity index (χ2n) is 1.42. The summed E-state index contributed by atoms with van der Waals surface area (Å²) in [5.41, 5.74) is 0. The smallest absolute Gasteiger partial charge is 0.146 e. The fourth-order valence-electron chi connectivity index (χ4n) is 0.441. The molecule has 0 aliphatic heterocycles. The first-order chi connectivity index (χ1) is 4.29. The van der Waals surface area contributed by atoms with Gasteiger partial charge in [0.05, 0.1) is 5.75 Å². The van der Waals surface area contributed by atoms with Gasteiger partial charge in [0.2, 0.25) is 0 Å². The number of aromatic nitrogens is 1. The minimum absolute atomic E-state index is 0.0764. The van der Waals surface area contributed by atoms with Gasteiger partial charge in [-0.1, -0.05) is 0 Å². The van der Waals surface area contributed by atoms with Crippen molar-refractivity contribution < 1.29 is 8.42 Å². The Hall–Kier alpha value is -0.420. The first-order valence-electron chi connectivity index (χ1n) is 2.29. The molecule has 0 saturated heterocycles. The maximum Gasteiger partial charge on any atom is 0.146 e. The van der Waals surface area contributed by atoms with E-state index in [1.807, 2.05) is 0 Å². The molecule has 0 atom stereocenters. The highest BCUT2D eigenvalue weighted by atomic mass is 32.2. The lowest BCUT2D eigenvalue weighted by molar-refractivity contribution is 0.614. The molecule has 50 valence electrons. The molecule has 0 aliphatic carbocycles. The Labute approximate surface area is 58.3 Å². The van der Waals surface area contributed by atoms with Crippen molar-refractivity contribution >= 4 is 22.0 Å². The highest BCUT2D eigenvalue weighted by molar-refractivity contribution is 7.71. The number of thiol groups is 1. The van der Waals surface area contributed by atoms with Crippen LogP contribution in [-0.4, -0.2) is 13.4 Å². The van der Waals surface area contributed by atoms with Gasteiger partial charge >= 0.3 is 0 Å². The molecule has 1 heterocycles. The van der Waals surface area contributed by atoms with E-state index in [2.05, 4.69) is 4.98 Å². The lowest BCUT2D eigenvalue weighted by atomic mass is 10.8. The van der Waals surface area contributed by atoms with Gasteiger partial charge in [0, 0.05) is 11.6 Å². The van der Waals surface area contributed by atoms with Gasteiger partial charge in [-0.3, -0.25) is 0 Å².